The molecule has 0 bridgehead atoms. The Labute approximate surface area is 148 Å². The van der Waals surface area contributed by atoms with Gasteiger partial charge in [-0.1, -0.05) is 22.9 Å². The summed E-state index contributed by atoms with van der Waals surface area (Å²) in [5, 5.41) is 10.5. The molecule has 8 heteroatoms. The molecular weight excluding hydrogens is 398 g/mol. The second-order valence-electron chi connectivity index (χ2n) is 5.52. The molecule has 0 atom stereocenters. The van der Waals surface area contributed by atoms with Gasteiger partial charge >= 0.3 is 0 Å². The summed E-state index contributed by atoms with van der Waals surface area (Å²) in [6, 6.07) is 6.80. The Bertz CT molecular complexity index is 766. The molecule has 2 heterocycles. The molecule has 1 aliphatic rings. The fourth-order valence-electron chi connectivity index (χ4n) is 2.67. The van der Waals surface area contributed by atoms with Gasteiger partial charge in [0.25, 0.3) is 0 Å². The minimum absolute atomic E-state index is 0.323. The summed E-state index contributed by atoms with van der Waals surface area (Å²) in [5.41, 5.74) is 0. The van der Waals surface area contributed by atoms with E-state index in [9.17, 15) is 8.42 Å². The van der Waals surface area contributed by atoms with E-state index in [1.807, 2.05) is 0 Å². The number of sulfonamides is 1. The number of halogens is 1. The number of benzene rings is 1. The quantitative estimate of drug-likeness (QED) is 0.766. The van der Waals surface area contributed by atoms with Crippen molar-refractivity contribution in [3.63, 3.8) is 0 Å². The summed E-state index contributed by atoms with van der Waals surface area (Å²) < 4.78 is 27.8. The van der Waals surface area contributed by atoms with Crippen molar-refractivity contribution < 1.29 is 8.42 Å². The highest BCUT2D eigenvalue weighted by Crippen LogP contribution is 2.32. The van der Waals surface area contributed by atoms with Crippen LogP contribution in [0.3, 0.4) is 0 Å². The van der Waals surface area contributed by atoms with Crippen molar-refractivity contribution >= 4 is 37.3 Å². The summed E-state index contributed by atoms with van der Waals surface area (Å²) >= 11 is 4.98. The van der Waals surface area contributed by atoms with Crippen LogP contribution in [0.15, 0.2) is 33.6 Å². The van der Waals surface area contributed by atoms with Crippen LogP contribution in [-0.4, -0.2) is 36.0 Å². The lowest BCUT2D eigenvalue weighted by Crippen LogP contribution is -2.37. The van der Waals surface area contributed by atoms with Gasteiger partial charge in [0.05, 0.1) is 4.90 Å². The standard InChI is InChI=1S/C15H18BrN3O2S2/c1-2-14-17-18-15(22-14)11-7-9-19(10-8-11)23(20,21)13-5-3-12(16)4-6-13/h3-6,11H,2,7-10H2,1H3. The van der Waals surface area contributed by atoms with Gasteiger partial charge in [-0.15, -0.1) is 21.5 Å². The van der Waals surface area contributed by atoms with Gasteiger partial charge in [0.15, 0.2) is 0 Å². The molecule has 23 heavy (non-hydrogen) atoms. The Balaban J connectivity index is 1.69. The third kappa shape index (κ3) is 3.65. The molecule has 0 radical (unpaired) electrons. The zero-order chi connectivity index (χ0) is 16.4. The van der Waals surface area contributed by atoms with Crippen molar-refractivity contribution in [2.24, 2.45) is 0 Å². The summed E-state index contributed by atoms with van der Waals surface area (Å²) in [4.78, 5) is 0.350. The number of rotatable bonds is 4. The van der Waals surface area contributed by atoms with Crippen molar-refractivity contribution in [3.8, 4) is 0 Å². The average Bonchev–Trinajstić information content (AvgIpc) is 3.04. The van der Waals surface area contributed by atoms with E-state index in [1.165, 1.54) is 0 Å². The Hall–Kier alpha value is -0.830. The molecule has 3 rings (SSSR count). The Morgan fingerprint density at radius 2 is 1.87 bits per heavy atom. The molecule has 2 aromatic rings. The maximum absolute atomic E-state index is 12.7. The van der Waals surface area contributed by atoms with Crippen molar-refractivity contribution in [2.75, 3.05) is 13.1 Å². The molecule has 1 aromatic carbocycles. The Morgan fingerprint density at radius 1 is 1.22 bits per heavy atom. The predicted molar refractivity (Wildman–Crippen MR) is 94.2 cm³/mol. The van der Waals surface area contributed by atoms with Gasteiger partial charge in [-0.05, 0) is 43.5 Å². The number of aryl methyl sites for hydroxylation is 1. The molecule has 1 aromatic heterocycles. The zero-order valence-corrected chi connectivity index (χ0v) is 16.0. The van der Waals surface area contributed by atoms with Crippen LogP contribution in [0.2, 0.25) is 0 Å². The molecule has 0 aliphatic carbocycles. The third-order valence-corrected chi connectivity index (χ3v) is 7.71. The smallest absolute Gasteiger partial charge is 0.207 e. The second-order valence-corrected chi connectivity index (χ2v) is 9.47. The van der Waals surface area contributed by atoms with Crippen LogP contribution in [0, 0.1) is 0 Å². The highest BCUT2D eigenvalue weighted by atomic mass is 79.9. The van der Waals surface area contributed by atoms with Crippen LogP contribution < -0.4 is 0 Å². The SMILES string of the molecule is CCc1nnc(C2CCN(S(=O)(=O)c3ccc(Br)cc3)CC2)s1. The van der Waals surface area contributed by atoms with Gasteiger partial charge in [-0.3, -0.25) is 0 Å². The molecular formula is C15H18BrN3O2S2. The van der Waals surface area contributed by atoms with Crippen LogP contribution in [0.25, 0.3) is 0 Å². The third-order valence-electron chi connectivity index (χ3n) is 4.04. The normalized spacial score (nSPS) is 17.5. The first-order valence-electron chi connectivity index (χ1n) is 7.58. The lowest BCUT2D eigenvalue weighted by atomic mass is 9.99. The molecule has 124 valence electrons. The fraction of sp³-hybridized carbons (Fsp3) is 0.467. The van der Waals surface area contributed by atoms with E-state index < -0.39 is 10.0 Å². The highest BCUT2D eigenvalue weighted by Gasteiger charge is 2.31. The molecule has 0 spiro atoms. The van der Waals surface area contributed by atoms with Crippen molar-refractivity contribution in [1.29, 1.82) is 0 Å². The molecule has 0 unspecified atom stereocenters. The molecule has 1 aliphatic heterocycles. The number of hydrogen-bond donors (Lipinski definition) is 0. The van der Waals surface area contributed by atoms with Crippen LogP contribution in [0.1, 0.15) is 35.7 Å². The maximum atomic E-state index is 12.7. The molecule has 5 nitrogen and oxygen atoms in total. The van der Waals surface area contributed by atoms with Gasteiger partial charge < -0.3 is 0 Å². The van der Waals surface area contributed by atoms with Gasteiger partial charge in [0.1, 0.15) is 10.0 Å². The molecule has 0 N–H and O–H groups in total. The number of hydrogen-bond acceptors (Lipinski definition) is 5. The topological polar surface area (TPSA) is 63.2 Å². The minimum Gasteiger partial charge on any atom is -0.207 e. The monoisotopic (exact) mass is 415 g/mol. The van der Waals surface area contributed by atoms with E-state index >= 15 is 0 Å². The summed E-state index contributed by atoms with van der Waals surface area (Å²) in [6.45, 7) is 3.13. The van der Waals surface area contributed by atoms with E-state index in [0.717, 1.165) is 33.8 Å². The first-order valence-corrected chi connectivity index (χ1v) is 10.6. The van der Waals surface area contributed by atoms with Crippen molar-refractivity contribution in [3.05, 3.63) is 38.8 Å². The highest BCUT2D eigenvalue weighted by molar-refractivity contribution is 9.10. The fourth-order valence-corrected chi connectivity index (χ4v) is 5.36. The van der Waals surface area contributed by atoms with E-state index in [4.69, 9.17) is 0 Å². The van der Waals surface area contributed by atoms with Gasteiger partial charge in [0, 0.05) is 23.5 Å². The molecule has 0 amide bonds. The van der Waals surface area contributed by atoms with Crippen LogP contribution in [0.5, 0.6) is 0 Å². The Kier molecular flexibility index (Phi) is 5.15. The predicted octanol–water partition coefficient (Wildman–Crippen LogP) is 3.43. The van der Waals surface area contributed by atoms with Gasteiger partial charge in [-0.2, -0.15) is 4.31 Å². The van der Waals surface area contributed by atoms with Gasteiger partial charge in [-0.25, -0.2) is 8.42 Å². The zero-order valence-electron chi connectivity index (χ0n) is 12.8. The summed E-state index contributed by atoms with van der Waals surface area (Å²) in [6.07, 6.45) is 2.50. The number of piperidine rings is 1. The lowest BCUT2D eigenvalue weighted by molar-refractivity contribution is 0.318. The maximum Gasteiger partial charge on any atom is 0.243 e. The minimum atomic E-state index is -3.40. The van der Waals surface area contributed by atoms with Crippen LogP contribution in [0.4, 0.5) is 0 Å². The second kappa shape index (κ2) is 6.96. The lowest BCUT2D eigenvalue weighted by Gasteiger charge is -2.30. The molecule has 0 saturated carbocycles. The van der Waals surface area contributed by atoms with E-state index in [1.54, 1.807) is 39.9 Å². The van der Waals surface area contributed by atoms with Crippen LogP contribution >= 0.6 is 27.3 Å². The van der Waals surface area contributed by atoms with Gasteiger partial charge in [0.2, 0.25) is 10.0 Å². The van der Waals surface area contributed by atoms with E-state index in [2.05, 4.69) is 33.1 Å². The van der Waals surface area contributed by atoms with E-state index in [0.29, 0.717) is 23.9 Å². The average molecular weight is 416 g/mol. The van der Waals surface area contributed by atoms with Crippen molar-refractivity contribution in [2.45, 2.75) is 37.0 Å². The van der Waals surface area contributed by atoms with E-state index in [-0.39, 0.29) is 0 Å². The summed E-state index contributed by atoms with van der Waals surface area (Å²) in [7, 11) is -3.40. The molecule has 1 saturated heterocycles. The van der Waals surface area contributed by atoms with Crippen LogP contribution in [-0.2, 0) is 16.4 Å². The first kappa shape index (κ1) is 17.0. The largest absolute Gasteiger partial charge is 0.243 e. The Morgan fingerprint density at radius 3 is 2.43 bits per heavy atom. The first-order chi connectivity index (χ1) is 11.0. The molecule has 1 fully saturated rings. The number of aromatic nitrogens is 2. The number of nitrogens with zero attached hydrogens (tertiary/aromatic N) is 3. The van der Waals surface area contributed by atoms with Crippen molar-refractivity contribution in [1.82, 2.24) is 14.5 Å². The summed E-state index contributed by atoms with van der Waals surface area (Å²) in [5.74, 6) is 0.323.